The van der Waals surface area contributed by atoms with Gasteiger partial charge in [-0.3, -0.25) is 0 Å². The highest BCUT2D eigenvalue weighted by Gasteiger charge is 2.44. The van der Waals surface area contributed by atoms with Crippen molar-refractivity contribution in [2.45, 2.75) is 30.7 Å². The Balaban J connectivity index is 2.16. The van der Waals surface area contributed by atoms with E-state index in [1.54, 1.807) is 0 Å². The lowest BCUT2D eigenvalue weighted by molar-refractivity contribution is 0.0811. The van der Waals surface area contributed by atoms with Gasteiger partial charge in [0.15, 0.2) is 0 Å². The lowest BCUT2D eigenvalue weighted by Crippen LogP contribution is -2.54. The minimum atomic E-state index is -0.350. The molecule has 2 heteroatoms. The number of nitrogens with zero attached hydrogens (tertiary/aromatic N) is 1. The van der Waals surface area contributed by atoms with Gasteiger partial charge < -0.3 is 10.0 Å². The molecular weight excluding hydrogens is 270 g/mol. The third kappa shape index (κ3) is 2.57. The Morgan fingerprint density at radius 2 is 1.50 bits per heavy atom. The zero-order valence-corrected chi connectivity index (χ0v) is 13.3. The van der Waals surface area contributed by atoms with Gasteiger partial charge in [0.05, 0.1) is 12.0 Å². The molecule has 3 rings (SSSR count). The van der Waals surface area contributed by atoms with E-state index in [9.17, 15) is 5.11 Å². The molecule has 0 amide bonds. The minimum Gasteiger partial charge on any atom is -0.395 e. The van der Waals surface area contributed by atoms with Crippen molar-refractivity contribution in [3.63, 3.8) is 0 Å². The van der Waals surface area contributed by atoms with Crippen LogP contribution in [0.25, 0.3) is 0 Å². The predicted molar refractivity (Wildman–Crippen MR) is 91.0 cm³/mol. The molecule has 1 aliphatic heterocycles. The van der Waals surface area contributed by atoms with Crippen molar-refractivity contribution in [1.82, 2.24) is 4.90 Å². The maximum atomic E-state index is 10.5. The van der Waals surface area contributed by atoms with E-state index in [1.807, 2.05) is 12.1 Å². The van der Waals surface area contributed by atoms with Crippen molar-refractivity contribution in [3.8, 4) is 0 Å². The van der Waals surface area contributed by atoms with Gasteiger partial charge in [0.25, 0.3) is 0 Å². The maximum absolute atomic E-state index is 10.5. The molecule has 1 aliphatic rings. The van der Waals surface area contributed by atoms with Crippen LogP contribution in [0.1, 0.15) is 30.4 Å². The van der Waals surface area contributed by atoms with E-state index in [-0.39, 0.29) is 12.0 Å². The van der Waals surface area contributed by atoms with Crippen LogP contribution in [0.2, 0.25) is 0 Å². The number of likely N-dealkylation sites (N-methyl/N-ethyl adjacent to an activating group) is 1. The first-order chi connectivity index (χ1) is 10.8. The number of aliphatic hydroxyl groups is 1. The Bertz CT molecular complexity index is 542. The molecule has 2 aromatic rings. The summed E-state index contributed by atoms with van der Waals surface area (Å²) in [5, 5.41) is 10.5. The van der Waals surface area contributed by atoms with Gasteiger partial charge in [-0.2, -0.15) is 0 Å². The predicted octanol–water partition coefficient (Wildman–Crippen LogP) is 3.45. The molecule has 0 radical (unpaired) electrons. The van der Waals surface area contributed by atoms with Crippen LogP contribution in [0.4, 0.5) is 0 Å². The average molecular weight is 295 g/mol. The van der Waals surface area contributed by atoms with Gasteiger partial charge in [-0.15, -0.1) is 0 Å². The van der Waals surface area contributed by atoms with E-state index >= 15 is 0 Å². The number of benzene rings is 2. The van der Waals surface area contributed by atoms with E-state index in [0.29, 0.717) is 6.04 Å². The summed E-state index contributed by atoms with van der Waals surface area (Å²) in [6.45, 7) is 1.24. The van der Waals surface area contributed by atoms with Crippen molar-refractivity contribution in [2.24, 2.45) is 0 Å². The second kappa shape index (κ2) is 6.64. The highest BCUT2D eigenvalue weighted by molar-refractivity contribution is 5.42. The number of aliphatic hydroxyl groups excluding tert-OH is 1. The highest BCUT2D eigenvalue weighted by Crippen LogP contribution is 2.40. The van der Waals surface area contributed by atoms with Gasteiger partial charge in [-0.25, -0.2) is 0 Å². The molecule has 1 heterocycles. The largest absolute Gasteiger partial charge is 0.395 e. The van der Waals surface area contributed by atoms with E-state index in [2.05, 4.69) is 60.5 Å². The fourth-order valence-corrected chi connectivity index (χ4v) is 4.01. The minimum absolute atomic E-state index is 0.135. The smallest absolute Gasteiger partial charge is 0.0588 e. The van der Waals surface area contributed by atoms with Crippen LogP contribution in [0.15, 0.2) is 60.7 Å². The Hall–Kier alpha value is -1.64. The molecule has 0 bridgehead atoms. The molecule has 2 nitrogen and oxygen atoms in total. The maximum Gasteiger partial charge on any atom is 0.0588 e. The summed E-state index contributed by atoms with van der Waals surface area (Å²) in [6, 6.07) is 21.3. The molecule has 1 N–H and O–H groups in total. The highest BCUT2D eigenvalue weighted by atomic mass is 16.3. The first kappa shape index (κ1) is 15.3. The first-order valence-electron chi connectivity index (χ1n) is 8.21. The van der Waals surface area contributed by atoms with Crippen molar-refractivity contribution >= 4 is 0 Å². The van der Waals surface area contributed by atoms with Gasteiger partial charge in [0.2, 0.25) is 0 Å². The van der Waals surface area contributed by atoms with Crippen LogP contribution in [-0.4, -0.2) is 36.2 Å². The first-order valence-corrected chi connectivity index (χ1v) is 8.21. The number of piperidine rings is 1. The zero-order valence-electron chi connectivity index (χ0n) is 13.3. The molecule has 1 atom stereocenters. The molecule has 0 aliphatic carbocycles. The lowest BCUT2D eigenvalue weighted by Gasteiger charge is -2.47. The van der Waals surface area contributed by atoms with Crippen LogP contribution in [-0.2, 0) is 5.41 Å². The van der Waals surface area contributed by atoms with Crippen LogP contribution in [0.5, 0.6) is 0 Å². The number of likely N-dealkylation sites (tertiary alicyclic amines) is 1. The second-order valence-corrected chi connectivity index (χ2v) is 6.35. The summed E-state index contributed by atoms with van der Waals surface area (Å²) in [6.07, 6.45) is 3.61. The summed E-state index contributed by atoms with van der Waals surface area (Å²) in [4.78, 5) is 2.43. The summed E-state index contributed by atoms with van der Waals surface area (Å²) in [7, 11) is 2.19. The third-order valence-corrected chi connectivity index (χ3v) is 5.17. The van der Waals surface area contributed by atoms with Gasteiger partial charge >= 0.3 is 0 Å². The quantitative estimate of drug-likeness (QED) is 0.934. The Labute approximate surface area is 133 Å². The van der Waals surface area contributed by atoms with E-state index in [1.165, 1.54) is 24.0 Å². The monoisotopic (exact) mass is 295 g/mol. The van der Waals surface area contributed by atoms with Crippen LogP contribution >= 0.6 is 0 Å². The zero-order chi connectivity index (χ0) is 15.4. The number of rotatable bonds is 4. The summed E-state index contributed by atoms with van der Waals surface area (Å²) in [5.41, 5.74) is 2.07. The second-order valence-electron chi connectivity index (χ2n) is 6.35. The average Bonchev–Trinajstić information content (AvgIpc) is 2.59. The lowest BCUT2D eigenvalue weighted by atomic mass is 9.67. The van der Waals surface area contributed by atoms with Crippen LogP contribution < -0.4 is 0 Å². The topological polar surface area (TPSA) is 23.5 Å². The Kier molecular flexibility index (Phi) is 4.60. The van der Waals surface area contributed by atoms with E-state index < -0.39 is 0 Å². The SMILES string of the molecule is CN1CCCCC1C(CO)(c1ccccc1)c1ccccc1. The Morgan fingerprint density at radius 3 is 1.95 bits per heavy atom. The van der Waals surface area contributed by atoms with E-state index in [0.717, 1.165) is 13.0 Å². The molecule has 1 saturated heterocycles. The standard InChI is InChI=1S/C20H25NO/c1-21-15-9-8-14-19(21)20(16-22,17-10-4-2-5-11-17)18-12-6-3-7-13-18/h2-7,10-13,19,22H,8-9,14-16H2,1H3. The Morgan fingerprint density at radius 1 is 0.955 bits per heavy atom. The molecule has 0 saturated carbocycles. The molecule has 1 unspecified atom stereocenters. The summed E-state index contributed by atoms with van der Waals surface area (Å²) in [5.74, 6) is 0. The third-order valence-electron chi connectivity index (χ3n) is 5.17. The van der Waals surface area contributed by atoms with Crippen molar-refractivity contribution in [2.75, 3.05) is 20.2 Å². The number of hydrogen-bond donors (Lipinski definition) is 1. The molecule has 0 aromatic heterocycles. The van der Waals surface area contributed by atoms with Gasteiger partial charge in [-0.1, -0.05) is 67.1 Å². The number of hydrogen-bond acceptors (Lipinski definition) is 2. The fourth-order valence-electron chi connectivity index (χ4n) is 4.01. The molecule has 1 fully saturated rings. The van der Waals surface area contributed by atoms with Crippen LogP contribution in [0.3, 0.4) is 0 Å². The van der Waals surface area contributed by atoms with Crippen molar-refractivity contribution in [1.29, 1.82) is 0 Å². The molecule has 2 aromatic carbocycles. The summed E-state index contributed by atoms with van der Waals surface area (Å²) < 4.78 is 0. The van der Waals surface area contributed by atoms with Gasteiger partial charge in [-0.05, 0) is 37.6 Å². The molecule has 116 valence electrons. The van der Waals surface area contributed by atoms with Crippen LogP contribution in [0, 0.1) is 0 Å². The molecular formula is C20H25NO. The fraction of sp³-hybridized carbons (Fsp3) is 0.400. The van der Waals surface area contributed by atoms with Gasteiger partial charge in [0.1, 0.15) is 0 Å². The van der Waals surface area contributed by atoms with Gasteiger partial charge in [0, 0.05) is 6.04 Å². The molecule has 0 spiro atoms. The molecule has 22 heavy (non-hydrogen) atoms. The normalized spacial score (nSPS) is 20.0. The summed E-state index contributed by atoms with van der Waals surface area (Å²) >= 11 is 0. The van der Waals surface area contributed by atoms with Crippen molar-refractivity contribution in [3.05, 3.63) is 71.8 Å². The van der Waals surface area contributed by atoms with Crippen molar-refractivity contribution < 1.29 is 5.11 Å². The van der Waals surface area contributed by atoms with E-state index in [4.69, 9.17) is 0 Å².